The first kappa shape index (κ1) is 51.5. The maximum atomic E-state index is 11.7. The fraction of sp³-hybridized carbons (Fsp3) is 0.643. The minimum absolute atomic E-state index is 0. The van der Waals surface area contributed by atoms with Gasteiger partial charge in [-0.05, 0) is 64.4 Å². The highest BCUT2D eigenvalue weighted by Gasteiger charge is 2.20. The topological polar surface area (TPSA) is 155 Å². The number of fused-ring (bicyclic) bond motifs is 3. The van der Waals surface area contributed by atoms with E-state index in [-0.39, 0.29) is 19.4 Å². The number of hydrogen-bond acceptors (Lipinski definition) is 10. The Bertz CT molecular complexity index is 1550. The van der Waals surface area contributed by atoms with Crippen molar-refractivity contribution in [1.82, 2.24) is 34.3 Å². The second kappa shape index (κ2) is 29.7. The predicted molar refractivity (Wildman–Crippen MR) is 230 cm³/mol. The van der Waals surface area contributed by atoms with Gasteiger partial charge >= 0.3 is 11.9 Å². The molecule has 0 bridgehead atoms. The van der Waals surface area contributed by atoms with Gasteiger partial charge in [-0.1, -0.05) is 63.4 Å². The van der Waals surface area contributed by atoms with Gasteiger partial charge in [0.1, 0.15) is 0 Å². The summed E-state index contributed by atoms with van der Waals surface area (Å²) in [6.07, 6.45) is 13.1. The summed E-state index contributed by atoms with van der Waals surface area (Å²) < 4.78 is 16.3. The van der Waals surface area contributed by atoms with Crippen LogP contribution in [0, 0.1) is 0 Å². The van der Waals surface area contributed by atoms with Crippen LogP contribution in [-0.2, 0) is 48.7 Å². The summed E-state index contributed by atoms with van der Waals surface area (Å²) in [6, 6.07) is 5.71. The number of nitrogens with one attached hydrogen (secondary N) is 2. The molecule has 0 aromatic carbocycles. The molecule has 0 saturated carbocycles. The molecule has 6 heterocycles. The first-order valence-electron chi connectivity index (χ1n) is 20.2. The minimum Gasteiger partial charge on any atom is -0.462 e. The number of aromatic nitrogens is 3. The third-order valence-corrected chi connectivity index (χ3v) is 9.97. The van der Waals surface area contributed by atoms with Crippen molar-refractivity contribution in [3.63, 3.8) is 0 Å². The van der Waals surface area contributed by atoms with Crippen molar-refractivity contribution in [1.29, 1.82) is 0 Å². The van der Waals surface area contributed by atoms with Gasteiger partial charge in [0.05, 0.1) is 29.9 Å². The molecular weight excluding hydrogens is 794 g/mol. The predicted octanol–water partition coefficient (Wildman–Crippen LogP) is 6.70. The van der Waals surface area contributed by atoms with Gasteiger partial charge in [0, 0.05) is 107 Å². The maximum absolute atomic E-state index is 11.7. The Morgan fingerprint density at radius 2 is 1.12 bits per heavy atom. The summed E-state index contributed by atoms with van der Waals surface area (Å²) in [4.78, 5) is 39.2. The molecule has 0 fully saturated rings. The van der Waals surface area contributed by atoms with E-state index < -0.39 is 5.91 Å². The summed E-state index contributed by atoms with van der Waals surface area (Å²) in [6.45, 7) is 21.9. The number of esters is 2. The molecule has 0 aliphatic carbocycles. The lowest BCUT2D eigenvalue weighted by Crippen LogP contribution is -2.33. The smallest absolute Gasteiger partial charge is 0.339 e. The number of nitrogens with zero attached hydrogens (tertiary/aromatic N) is 5. The number of unbranched alkanes of at least 4 members (excludes halogenated alkanes) is 3. The molecule has 3 aromatic rings. The number of aliphatic hydroxyl groups is 1. The maximum Gasteiger partial charge on any atom is 0.339 e. The van der Waals surface area contributed by atoms with Crippen LogP contribution in [-0.4, -0.2) is 110 Å². The molecule has 0 radical (unpaired) electrons. The molecule has 6 rings (SSSR count). The Hall–Kier alpha value is -3.47. The van der Waals surface area contributed by atoms with Gasteiger partial charge in [0.15, 0.2) is 0 Å². The Kier molecular flexibility index (Phi) is 26.9. The third-order valence-electron chi connectivity index (χ3n) is 9.41. The summed E-state index contributed by atoms with van der Waals surface area (Å²) in [5.74, 6) is -0.874. The van der Waals surface area contributed by atoms with Gasteiger partial charge in [-0.15, -0.1) is 0 Å². The zero-order chi connectivity index (χ0) is 41.3. The van der Waals surface area contributed by atoms with Crippen molar-refractivity contribution in [2.75, 3.05) is 58.4 Å². The Morgan fingerprint density at radius 3 is 1.53 bits per heavy atom. The number of rotatable bonds is 13. The van der Waals surface area contributed by atoms with E-state index >= 15 is 0 Å². The highest BCUT2D eigenvalue weighted by molar-refractivity contribution is 9.09. The average molecular weight is 867 g/mol. The SMILES string of the molecule is C.CCCCBr.CCCCN1CCn2cc(C(=O)NO)cc2C1.CCCCN1CCn2cc(C(=O)OCC)cc2C1.CCOC(=O)c1cc2n(c1)CCNC2.CO. The van der Waals surface area contributed by atoms with E-state index in [9.17, 15) is 14.4 Å². The molecule has 57 heavy (non-hydrogen) atoms. The molecule has 0 atom stereocenters. The molecule has 3 aliphatic rings. The largest absolute Gasteiger partial charge is 0.462 e. The van der Waals surface area contributed by atoms with Gasteiger partial charge in [-0.2, -0.15) is 0 Å². The van der Waals surface area contributed by atoms with Crippen LogP contribution < -0.4 is 10.8 Å². The van der Waals surface area contributed by atoms with E-state index in [1.54, 1.807) is 11.7 Å². The molecule has 4 N–H and O–H groups in total. The number of halogens is 1. The molecular formula is C42H72BrN7O7. The molecule has 0 spiro atoms. The number of carbonyl (C=O) groups excluding carboxylic acids is 3. The monoisotopic (exact) mass is 865 g/mol. The van der Waals surface area contributed by atoms with Crippen molar-refractivity contribution in [2.45, 2.75) is 120 Å². The van der Waals surface area contributed by atoms with E-state index in [1.165, 1.54) is 44.2 Å². The summed E-state index contributed by atoms with van der Waals surface area (Å²) >= 11 is 3.31. The van der Waals surface area contributed by atoms with Gasteiger partial charge in [-0.25, -0.2) is 15.1 Å². The second-order valence-corrected chi connectivity index (χ2v) is 14.4. The highest BCUT2D eigenvalue weighted by Crippen LogP contribution is 2.19. The summed E-state index contributed by atoms with van der Waals surface area (Å²) in [5.41, 5.74) is 7.06. The van der Waals surface area contributed by atoms with Crippen LogP contribution >= 0.6 is 15.9 Å². The van der Waals surface area contributed by atoms with E-state index in [1.807, 2.05) is 44.4 Å². The van der Waals surface area contributed by atoms with E-state index in [0.717, 1.165) is 95.8 Å². The molecule has 3 aromatic heterocycles. The van der Waals surface area contributed by atoms with Crippen molar-refractivity contribution in [3.8, 4) is 0 Å². The standard InChI is InChI=1S/C14H22N2O2.C12H19N3O2.C10H14N2O2.C4H9Br.CH4O.CH4/c1-3-5-6-15-7-8-16-10-12(9-13(16)11-15)14(17)18-4-2;1-2-3-4-14-5-6-15-8-10(12(16)13-17)7-11(15)9-14;1-2-14-10(13)8-5-9-6-11-3-4-12(9)7-8;1-2-3-4-5;1-2;/h9-10H,3-8,11H2,1-2H3;7-8,17H,2-6,9H2,1H3,(H,13,16);5,7,11H,2-4,6H2,1H3;2-4H2,1H3;2H,1H3;1H4. The average Bonchev–Trinajstić information content (AvgIpc) is 3.98. The number of amides is 1. The van der Waals surface area contributed by atoms with Crippen molar-refractivity contribution < 1.29 is 34.2 Å². The first-order valence-corrected chi connectivity index (χ1v) is 21.4. The summed E-state index contributed by atoms with van der Waals surface area (Å²) in [7, 11) is 1.00. The molecule has 0 saturated heterocycles. The van der Waals surface area contributed by atoms with Crippen molar-refractivity contribution in [2.24, 2.45) is 0 Å². The van der Waals surface area contributed by atoms with Crippen LogP contribution in [0.1, 0.15) is 129 Å². The molecule has 3 aliphatic heterocycles. The second-order valence-electron chi connectivity index (χ2n) is 13.6. The number of carbonyl (C=O) groups is 3. The molecule has 15 heteroatoms. The third kappa shape index (κ3) is 17.5. The van der Waals surface area contributed by atoms with Gasteiger partial charge in [-0.3, -0.25) is 19.8 Å². The number of hydrogen-bond donors (Lipinski definition) is 4. The number of hydroxylamine groups is 1. The van der Waals surface area contributed by atoms with Gasteiger partial charge in [0.25, 0.3) is 5.91 Å². The van der Waals surface area contributed by atoms with Crippen LogP contribution in [0.4, 0.5) is 0 Å². The summed E-state index contributed by atoms with van der Waals surface area (Å²) in [5, 5.41) is 20.0. The fourth-order valence-electron chi connectivity index (χ4n) is 6.35. The van der Waals surface area contributed by atoms with E-state index in [0.29, 0.717) is 29.9 Å². The van der Waals surface area contributed by atoms with Gasteiger partial charge < -0.3 is 33.6 Å². The van der Waals surface area contributed by atoms with Crippen LogP contribution in [0.15, 0.2) is 36.8 Å². The molecule has 324 valence electrons. The van der Waals surface area contributed by atoms with Crippen molar-refractivity contribution in [3.05, 3.63) is 70.6 Å². The van der Waals surface area contributed by atoms with Crippen molar-refractivity contribution >= 4 is 33.8 Å². The zero-order valence-electron chi connectivity index (χ0n) is 34.7. The lowest BCUT2D eigenvalue weighted by molar-refractivity contribution is 0.0516. The first-order chi connectivity index (χ1) is 27.2. The number of aliphatic hydroxyl groups excluding tert-OH is 1. The van der Waals surface area contributed by atoms with Crippen LogP contribution in [0.3, 0.4) is 0 Å². The lowest BCUT2D eigenvalue weighted by atomic mass is 10.2. The Balaban J connectivity index is 0.000000394. The number of ether oxygens (including phenoxy) is 2. The molecule has 0 unspecified atom stereocenters. The zero-order valence-corrected chi connectivity index (χ0v) is 36.2. The minimum atomic E-state index is -0.438. The van der Waals surface area contributed by atoms with Gasteiger partial charge in [0.2, 0.25) is 0 Å². The van der Waals surface area contributed by atoms with E-state index in [4.69, 9.17) is 19.8 Å². The van der Waals surface area contributed by atoms with Crippen LogP contribution in [0.2, 0.25) is 0 Å². The Labute approximate surface area is 350 Å². The quantitative estimate of drug-likeness (QED) is 0.0632. The van der Waals surface area contributed by atoms with E-state index in [2.05, 4.69) is 65.5 Å². The lowest BCUT2D eigenvalue weighted by Gasteiger charge is -2.28. The Morgan fingerprint density at radius 1 is 0.684 bits per heavy atom. The molecule has 1 amide bonds. The van der Waals surface area contributed by atoms with Crippen LogP contribution in [0.5, 0.6) is 0 Å². The van der Waals surface area contributed by atoms with Crippen LogP contribution in [0.25, 0.3) is 0 Å². The number of alkyl halides is 1. The highest BCUT2D eigenvalue weighted by atomic mass is 79.9. The molecule has 14 nitrogen and oxygen atoms in total. The fourth-order valence-corrected chi connectivity index (χ4v) is 6.91. The normalized spacial score (nSPS) is 14.1.